The van der Waals surface area contributed by atoms with Gasteiger partial charge in [0.15, 0.2) is 36.8 Å². The van der Waals surface area contributed by atoms with E-state index in [9.17, 15) is 24.0 Å². The second-order valence-corrected chi connectivity index (χ2v) is 6.06. The zero-order valence-electron chi connectivity index (χ0n) is 15.9. The highest BCUT2D eigenvalue weighted by molar-refractivity contribution is 5.89. The van der Waals surface area contributed by atoms with Gasteiger partial charge in [-0.05, 0) is 12.1 Å². The zero-order valence-corrected chi connectivity index (χ0v) is 15.9. The van der Waals surface area contributed by atoms with Crippen molar-refractivity contribution in [3.63, 3.8) is 0 Å². The Kier molecular flexibility index (Phi) is 7.43. The Morgan fingerprint density at radius 2 is 1.48 bits per heavy atom. The van der Waals surface area contributed by atoms with E-state index in [2.05, 4.69) is 4.74 Å². The number of carbonyl (C=O) groups excluding carboxylic acids is 5. The predicted molar refractivity (Wildman–Crippen MR) is 93.5 cm³/mol. The molecule has 1 saturated heterocycles. The maximum absolute atomic E-state index is 12.6. The lowest BCUT2D eigenvalue weighted by atomic mass is 9.94. The van der Waals surface area contributed by atoms with E-state index in [1.807, 2.05) is 0 Å². The Morgan fingerprint density at radius 3 is 2.00 bits per heavy atom. The van der Waals surface area contributed by atoms with Crippen molar-refractivity contribution < 1.29 is 47.7 Å². The quantitative estimate of drug-likeness (QED) is 0.366. The number of hydrogen-bond donors (Lipinski definition) is 0. The summed E-state index contributed by atoms with van der Waals surface area (Å²) < 4.78 is 25.6. The first-order valence-electron chi connectivity index (χ1n) is 8.57. The highest BCUT2D eigenvalue weighted by Gasteiger charge is 2.54. The minimum Gasteiger partial charge on any atom is -0.467 e. The third-order valence-electron chi connectivity index (χ3n) is 4.00. The van der Waals surface area contributed by atoms with Crippen LogP contribution in [-0.2, 0) is 42.9 Å². The van der Waals surface area contributed by atoms with Gasteiger partial charge in [0, 0.05) is 13.8 Å². The molecular weight excluding hydrogens is 388 g/mol. The molecule has 0 unspecified atom stereocenters. The van der Waals surface area contributed by atoms with E-state index in [0.29, 0.717) is 0 Å². The molecule has 1 aromatic carbocycles. The van der Waals surface area contributed by atoms with Crippen LogP contribution in [0.15, 0.2) is 30.3 Å². The summed E-state index contributed by atoms with van der Waals surface area (Å²) >= 11 is 0. The second kappa shape index (κ2) is 9.78. The Hall–Kier alpha value is -3.27. The molecule has 1 heterocycles. The molecule has 1 aliphatic rings. The second-order valence-electron chi connectivity index (χ2n) is 6.06. The van der Waals surface area contributed by atoms with E-state index in [1.165, 1.54) is 12.1 Å². The molecule has 0 spiro atoms. The van der Waals surface area contributed by atoms with E-state index >= 15 is 0 Å². The summed E-state index contributed by atoms with van der Waals surface area (Å²) in [6, 6.07) is 7.82. The summed E-state index contributed by atoms with van der Waals surface area (Å²) in [4.78, 5) is 59.4. The summed E-state index contributed by atoms with van der Waals surface area (Å²) in [7, 11) is 1.07. The topological polar surface area (TPSA) is 132 Å². The summed E-state index contributed by atoms with van der Waals surface area (Å²) in [5.41, 5.74) is 0.152. The standard InChI is InChI=1S/C19H20O10/c1-10(21)26-14-13(9-20)28-17(19(24)25-3)16(27-11(2)22)15(14)29-18(23)12-7-5-4-6-8-12/h4-9,13-17H,1-3H3/t13-,14+,15+,16-,17-/m1/s1. The molecule has 0 aliphatic carbocycles. The fraction of sp³-hybridized carbons (Fsp3) is 0.421. The van der Waals surface area contributed by atoms with Gasteiger partial charge < -0.3 is 28.5 Å². The molecule has 0 amide bonds. The summed E-state index contributed by atoms with van der Waals surface area (Å²) in [6.45, 7) is 2.14. The molecular formula is C19H20O10. The van der Waals surface area contributed by atoms with Crippen LogP contribution >= 0.6 is 0 Å². The maximum Gasteiger partial charge on any atom is 0.339 e. The predicted octanol–water partition coefficient (Wildman–Crippen LogP) is 0.215. The van der Waals surface area contributed by atoms with Crippen LogP contribution in [0.3, 0.4) is 0 Å². The summed E-state index contributed by atoms with van der Waals surface area (Å²) in [6.07, 6.45) is -7.25. The number of rotatable bonds is 6. The van der Waals surface area contributed by atoms with E-state index < -0.39 is 54.4 Å². The summed E-state index contributed by atoms with van der Waals surface area (Å²) in [5.74, 6) is -3.44. The minimum atomic E-state index is -1.58. The number of esters is 4. The van der Waals surface area contributed by atoms with E-state index in [0.717, 1.165) is 21.0 Å². The van der Waals surface area contributed by atoms with Gasteiger partial charge >= 0.3 is 23.9 Å². The van der Waals surface area contributed by atoms with Crippen molar-refractivity contribution in [2.45, 2.75) is 44.4 Å². The molecule has 0 aromatic heterocycles. The molecule has 0 bridgehead atoms. The van der Waals surface area contributed by atoms with Gasteiger partial charge in [-0.15, -0.1) is 0 Å². The Morgan fingerprint density at radius 1 is 0.897 bits per heavy atom. The lowest BCUT2D eigenvalue weighted by Gasteiger charge is -2.42. The molecule has 5 atom stereocenters. The molecule has 10 nitrogen and oxygen atoms in total. The van der Waals surface area contributed by atoms with Crippen LogP contribution in [0.1, 0.15) is 24.2 Å². The molecule has 0 saturated carbocycles. The van der Waals surface area contributed by atoms with Crippen LogP contribution < -0.4 is 0 Å². The van der Waals surface area contributed by atoms with Gasteiger partial charge in [-0.2, -0.15) is 0 Å². The molecule has 10 heteroatoms. The molecule has 29 heavy (non-hydrogen) atoms. The molecule has 1 aliphatic heterocycles. The van der Waals surface area contributed by atoms with Gasteiger partial charge in [0.25, 0.3) is 0 Å². The van der Waals surface area contributed by atoms with E-state index in [-0.39, 0.29) is 11.8 Å². The van der Waals surface area contributed by atoms with Crippen molar-refractivity contribution in [2.24, 2.45) is 0 Å². The van der Waals surface area contributed by atoms with Crippen molar-refractivity contribution in [2.75, 3.05) is 7.11 Å². The van der Waals surface area contributed by atoms with Crippen LogP contribution in [0.4, 0.5) is 0 Å². The van der Waals surface area contributed by atoms with Crippen LogP contribution in [0.5, 0.6) is 0 Å². The van der Waals surface area contributed by atoms with Gasteiger partial charge in [0.1, 0.15) is 0 Å². The highest BCUT2D eigenvalue weighted by Crippen LogP contribution is 2.29. The number of benzene rings is 1. The van der Waals surface area contributed by atoms with Crippen LogP contribution in [0, 0.1) is 0 Å². The molecule has 1 fully saturated rings. The number of ether oxygens (including phenoxy) is 5. The Balaban J connectivity index is 2.46. The van der Waals surface area contributed by atoms with Gasteiger partial charge in [-0.3, -0.25) is 9.59 Å². The largest absolute Gasteiger partial charge is 0.467 e. The molecule has 2 rings (SSSR count). The van der Waals surface area contributed by atoms with Gasteiger partial charge in [-0.25, -0.2) is 9.59 Å². The van der Waals surface area contributed by atoms with Gasteiger partial charge in [-0.1, -0.05) is 18.2 Å². The fourth-order valence-electron chi connectivity index (χ4n) is 2.83. The van der Waals surface area contributed by atoms with Crippen LogP contribution in [0.25, 0.3) is 0 Å². The average Bonchev–Trinajstić information content (AvgIpc) is 2.69. The van der Waals surface area contributed by atoms with Crippen LogP contribution in [-0.4, -0.2) is 67.8 Å². The number of aldehydes is 1. The van der Waals surface area contributed by atoms with Gasteiger partial charge in [0.05, 0.1) is 12.7 Å². The average molecular weight is 408 g/mol. The smallest absolute Gasteiger partial charge is 0.339 e. The summed E-state index contributed by atoms with van der Waals surface area (Å²) in [5, 5.41) is 0. The van der Waals surface area contributed by atoms with Crippen molar-refractivity contribution in [3.8, 4) is 0 Å². The lowest BCUT2D eigenvalue weighted by molar-refractivity contribution is -0.236. The number of methoxy groups -OCH3 is 1. The fourth-order valence-corrected chi connectivity index (χ4v) is 2.83. The first-order chi connectivity index (χ1) is 13.8. The van der Waals surface area contributed by atoms with Crippen molar-refractivity contribution in [1.29, 1.82) is 0 Å². The number of carbonyl (C=O) groups is 5. The Bertz CT molecular complexity index is 774. The van der Waals surface area contributed by atoms with E-state index in [1.54, 1.807) is 18.2 Å². The molecule has 1 aromatic rings. The molecule has 0 N–H and O–H groups in total. The lowest BCUT2D eigenvalue weighted by Crippen LogP contribution is -2.63. The minimum absolute atomic E-state index is 0.152. The third kappa shape index (κ3) is 5.38. The number of hydrogen-bond acceptors (Lipinski definition) is 10. The maximum atomic E-state index is 12.6. The van der Waals surface area contributed by atoms with E-state index in [4.69, 9.17) is 18.9 Å². The normalized spacial score (nSPS) is 26.0. The first-order valence-corrected chi connectivity index (χ1v) is 8.57. The molecule has 0 radical (unpaired) electrons. The third-order valence-corrected chi connectivity index (χ3v) is 4.00. The van der Waals surface area contributed by atoms with Crippen molar-refractivity contribution >= 4 is 30.2 Å². The highest BCUT2D eigenvalue weighted by atomic mass is 16.7. The van der Waals surface area contributed by atoms with Crippen molar-refractivity contribution in [1.82, 2.24) is 0 Å². The Labute approximate surface area is 166 Å². The van der Waals surface area contributed by atoms with Crippen LogP contribution in [0.2, 0.25) is 0 Å². The molecule has 156 valence electrons. The first kappa shape index (κ1) is 22.0. The van der Waals surface area contributed by atoms with Crippen molar-refractivity contribution in [3.05, 3.63) is 35.9 Å². The zero-order chi connectivity index (χ0) is 21.6. The monoisotopic (exact) mass is 408 g/mol. The van der Waals surface area contributed by atoms with Gasteiger partial charge in [0.2, 0.25) is 0 Å². The SMILES string of the molecule is COC(=O)[C@@H]1O[C@H](C=O)[C@H](OC(C)=O)[C@H](OC(=O)c2ccccc2)[C@H]1OC(C)=O.